The van der Waals surface area contributed by atoms with Crippen molar-refractivity contribution in [2.75, 3.05) is 0 Å². The first kappa shape index (κ1) is 14.1. The van der Waals surface area contributed by atoms with Crippen LogP contribution in [0.5, 0.6) is 5.75 Å². The minimum atomic E-state index is 0.580. The highest BCUT2D eigenvalue weighted by Crippen LogP contribution is 2.15. The van der Waals surface area contributed by atoms with Gasteiger partial charge in [0.25, 0.3) is 0 Å². The number of aryl methyl sites for hydroxylation is 1. The average Bonchev–Trinajstić information content (AvgIpc) is 2.52. The molecule has 0 atom stereocenters. The summed E-state index contributed by atoms with van der Waals surface area (Å²) in [6.45, 7) is 2.40. The van der Waals surface area contributed by atoms with E-state index < -0.39 is 0 Å². The molecule has 3 heteroatoms. The monoisotopic (exact) mass is 269 g/mol. The molecule has 2 rings (SSSR count). The van der Waals surface area contributed by atoms with Crippen LogP contribution in [0.25, 0.3) is 0 Å². The molecule has 0 fully saturated rings. The van der Waals surface area contributed by atoms with E-state index in [-0.39, 0.29) is 0 Å². The summed E-state index contributed by atoms with van der Waals surface area (Å²) < 4.78 is 5.73. The van der Waals surface area contributed by atoms with E-state index in [0.29, 0.717) is 6.61 Å². The number of oxime groups is 1. The lowest BCUT2D eigenvalue weighted by atomic mass is 10.1. The Bertz CT molecular complexity index is 547. The predicted octanol–water partition coefficient (Wildman–Crippen LogP) is 4.05. The van der Waals surface area contributed by atoms with Gasteiger partial charge < -0.3 is 9.94 Å². The van der Waals surface area contributed by atoms with E-state index in [4.69, 9.17) is 9.94 Å². The Morgan fingerprint density at radius 2 is 1.70 bits per heavy atom. The molecule has 0 unspecified atom stereocenters. The highest BCUT2D eigenvalue weighted by atomic mass is 16.5. The summed E-state index contributed by atoms with van der Waals surface area (Å²) in [5.74, 6) is 0.866. The Morgan fingerprint density at radius 3 is 2.35 bits per heavy atom. The van der Waals surface area contributed by atoms with E-state index in [2.05, 4.69) is 5.16 Å². The molecule has 0 amide bonds. The van der Waals surface area contributed by atoms with Crippen LogP contribution in [-0.4, -0.2) is 10.9 Å². The molecule has 104 valence electrons. The molecule has 20 heavy (non-hydrogen) atoms. The molecule has 0 radical (unpaired) electrons. The second-order valence-electron chi connectivity index (χ2n) is 4.75. The maximum atomic E-state index is 8.60. The van der Waals surface area contributed by atoms with Crippen LogP contribution in [0.15, 0.2) is 59.8 Å². The van der Waals surface area contributed by atoms with Crippen LogP contribution < -0.4 is 4.74 Å². The molecule has 2 aromatic rings. The van der Waals surface area contributed by atoms with Crippen molar-refractivity contribution >= 4 is 5.71 Å². The number of hydrogen-bond acceptors (Lipinski definition) is 3. The molecule has 1 N–H and O–H groups in total. The van der Waals surface area contributed by atoms with Crippen molar-refractivity contribution in [2.45, 2.75) is 26.4 Å². The minimum Gasteiger partial charge on any atom is -0.489 e. The third kappa shape index (κ3) is 4.43. The van der Waals surface area contributed by atoms with Gasteiger partial charge in [-0.1, -0.05) is 47.6 Å². The molecule has 0 bridgehead atoms. The van der Waals surface area contributed by atoms with Crippen LogP contribution in [0.2, 0.25) is 0 Å². The summed E-state index contributed by atoms with van der Waals surface area (Å²) in [5, 5.41) is 11.8. The van der Waals surface area contributed by atoms with Crippen molar-refractivity contribution in [1.29, 1.82) is 0 Å². The second kappa shape index (κ2) is 7.34. The number of hydrogen-bond donors (Lipinski definition) is 1. The summed E-state index contributed by atoms with van der Waals surface area (Å²) in [7, 11) is 0. The summed E-state index contributed by atoms with van der Waals surface area (Å²) in [6, 6.07) is 18.1. The highest BCUT2D eigenvalue weighted by Gasteiger charge is 1.99. The second-order valence-corrected chi connectivity index (χ2v) is 4.75. The van der Waals surface area contributed by atoms with E-state index in [9.17, 15) is 0 Å². The zero-order chi connectivity index (χ0) is 14.2. The summed E-state index contributed by atoms with van der Waals surface area (Å²) in [5.41, 5.74) is 3.11. The Balaban J connectivity index is 1.85. The van der Waals surface area contributed by atoms with E-state index in [0.717, 1.165) is 29.9 Å². The van der Waals surface area contributed by atoms with Gasteiger partial charge in [-0.05, 0) is 43.0 Å². The van der Waals surface area contributed by atoms with Crippen molar-refractivity contribution < 1.29 is 9.94 Å². The molecule has 3 nitrogen and oxygen atoms in total. The van der Waals surface area contributed by atoms with Gasteiger partial charge in [0, 0.05) is 0 Å². The third-order valence-corrected chi connectivity index (χ3v) is 3.12. The lowest BCUT2D eigenvalue weighted by Crippen LogP contribution is -1.97. The molecule has 0 aromatic heterocycles. The highest BCUT2D eigenvalue weighted by molar-refractivity contribution is 5.81. The summed E-state index contributed by atoms with van der Waals surface area (Å²) in [6.07, 6.45) is 1.63. The van der Waals surface area contributed by atoms with E-state index in [1.807, 2.05) is 61.5 Å². The predicted molar refractivity (Wildman–Crippen MR) is 80.4 cm³/mol. The first-order valence-corrected chi connectivity index (χ1v) is 6.71. The first-order valence-electron chi connectivity index (χ1n) is 6.71. The Kier molecular flexibility index (Phi) is 5.18. The summed E-state index contributed by atoms with van der Waals surface area (Å²) >= 11 is 0. The SMILES string of the molecule is C/C(CCc1ccc(OCc2ccccc2)cc1)=N\O. The maximum absolute atomic E-state index is 8.60. The first-order chi connectivity index (χ1) is 9.78. The zero-order valence-electron chi connectivity index (χ0n) is 11.6. The van der Waals surface area contributed by atoms with E-state index in [1.165, 1.54) is 5.56 Å². The quantitative estimate of drug-likeness (QED) is 0.488. The van der Waals surface area contributed by atoms with Crippen molar-refractivity contribution in [1.82, 2.24) is 0 Å². The van der Waals surface area contributed by atoms with Gasteiger partial charge in [0.15, 0.2) is 0 Å². The van der Waals surface area contributed by atoms with Crippen molar-refractivity contribution in [3.63, 3.8) is 0 Å². The van der Waals surface area contributed by atoms with Crippen molar-refractivity contribution in [3.05, 3.63) is 65.7 Å². The molecule has 0 spiro atoms. The molecule has 2 aromatic carbocycles. The normalized spacial score (nSPS) is 11.3. The smallest absolute Gasteiger partial charge is 0.119 e. The van der Waals surface area contributed by atoms with E-state index >= 15 is 0 Å². The Labute approximate surface area is 119 Å². The molecular formula is C17H19NO2. The van der Waals surface area contributed by atoms with Crippen LogP contribution in [-0.2, 0) is 13.0 Å². The summed E-state index contributed by atoms with van der Waals surface area (Å²) in [4.78, 5) is 0. The van der Waals surface area contributed by atoms with Crippen molar-refractivity contribution in [3.8, 4) is 5.75 Å². The molecular weight excluding hydrogens is 250 g/mol. The molecule has 0 aliphatic carbocycles. The topological polar surface area (TPSA) is 41.8 Å². The Hall–Kier alpha value is -2.29. The molecule has 0 saturated heterocycles. The van der Waals surface area contributed by atoms with Gasteiger partial charge in [0.2, 0.25) is 0 Å². The number of ether oxygens (including phenoxy) is 1. The van der Waals surface area contributed by atoms with Gasteiger partial charge in [-0.15, -0.1) is 0 Å². The van der Waals surface area contributed by atoms with Gasteiger partial charge in [-0.25, -0.2) is 0 Å². The fourth-order valence-electron chi connectivity index (χ4n) is 1.87. The number of benzene rings is 2. The van der Waals surface area contributed by atoms with Crippen molar-refractivity contribution in [2.24, 2.45) is 5.16 Å². The van der Waals surface area contributed by atoms with Gasteiger partial charge in [-0.3, -0.25) is 0 Å². The maximum Gasteiger partial charge on any atom is 0.119 e. The molecule has 0 heterocycles. The van der Waals surface area contributed by atoms with E-state index in [1.54, 1.807) is 0 Å². The fourth-order valence-corrected chi connectivity index (χ4v) is 1.87. The van der Waals surface area contributed by atoms with Crippen LogP contribution in [0.4, 0.5) is 0 Å². The minimum absolute atomic E-state index is 0.580. The zero-order valence-corrected chi connectivity index (χ0v) is 11.6. The largest absolute Gasteiger partial charge is 0.489 e. The van der Waals surface area contributed by atoms with Crippen LogP contribution in [0.3, 0.4) is 0 Å². The molecule has 0 aliphatic rings. The molecule has 0 aliphatic heterocycles. The van der Waals surface area contributed by atoms with Crippen LogP contribution in [0.1, 0.15) is 24.5 Å². The lowest BCUT2D eigenvalue weighted by molar-refractivity contribution is 0.306. The average molecular weight is 269 g/mol. The standard InChI is InChI=1S/C17H19NO2/c1-14(18-19)7-8-15-9-11-17(12-10-15)20-13-16-5-3-2-4-6-16/h2-6,9-12,19H,7-8,13H2,1H3/b18-14+. The van der Waals surface area contributed by atoms with Gasteiger partial charge in [-0.2, -0.15) is 0 Å². The third-order valence-electron chi connectivity index (χ3n) is 3.12. The van der Waals surface area contributed by atoms with Gasteiger partial charge in [0.1, 0.15) is 12.4 Å². The van der Waals surface area contributed by atoms with Gasteiger partial charge in [0.05, 0.1) is 5.71 Å². The van der Waals surface area contributed by atoms with Crippen LogP contribution in [0, 0.1) is 0 Å². The number of rotatable bonds is 6. The number of nitrogens with zero attached hydrogens (tertiary/aromatic N) is 1. The van der Waals surface area contributed by atoms with Crippen LogP contribution >= 0.6 is 0 Å². The Morgan fingerprint density at radius 1 is 1.00 bits per heavy atom. The fraction of sp³-hybridized carbons (Fsp3) is 0.235. The van der Waals surface area contributed by atoms with Gasteiger partial charge >= 0.3 is 0 Å². The lowest BCUT2D eigenvalue weighted by Gasteiger charge is -2.07. The molecule has 0 saturated carbocycles.